The Kier molecular flexibility index (Phi) is 5.75. The van der Waals surface area contributed by atoms with Crippen molar-refractivity contribution in [3.8, 4) is 0 Å². The minimum atomic E-state index is -3.58. The molecule has 0 bridgehead atoms. The molecule has 0 aliphatic carbocycles. The quantitative estimate of drug-likeness (QED) is 0.810. The minimum Gasteiger partial charge on any atom is -0.351 e. The van der Waals surface area contributed by atoms with Gasteiger partial charge in [0.25, 0.3) is 10.0 Å². The highest BCUT2D eigenvalue weighted by atomic mass is 35.5. The number of carbonyl (C=O) groups excluding carboxylic acids is 1. The summed E-state index contributed by atoms with van der Waals surface area (Å²) in [6.07, 6.45) is 0. The molecule has 1 amide bonds. The number of rotatable bonds is 5. The van der Waals surface area contributed by atoms with Gasteiger partial charge in [-0.25, -0.2) is 8.42 Å². The Bertz CT molecular complexity index is 865. The van der Waals surface area contributed by atoms with Crippen molar-refractivity contribution >= 4 is 50.6 Å². The molecular weight excluding hydrogens is 400 g/mol. The predicted molar refractivity (Wildman–Crippen MR) is 102 cm³/mol. The highest BCUT2D eigenvalue weighted by molar-refractivity contribution is 8.01. The first-order valence-electron chi connectivity index (χ1n) is 7.60. The molecule has 1 aromatic carbocycles. The molecule has 25 heavy (non-hydrogen) atoms. The number of carbonyl (C=O) groups is 1. The maximum atomic E-state index is 13.0. The van der Waals surface area contributed by atoms with Gasteiger partial charge in [0.2, 0.25) is 5.91 Å². The Morgan fingerprint density at radius 3 is 2.68 bits per heavy atom. The molecule has 1 fully saturated rings. The summed E-state index contributed by atoms with van der Waals surface area (Å²) in [5.41, 5.74) is 0.922. The van der Waals surface area contributed by atoms with Gasteiger partial charge in [-0.3, -0.25) is 4.79 Å². The lowest BCUT2D eigenvalue weighted by molar-refractivity contribution is -0.119. The lowest BCUT2D eigenvalue weighted by atomic mass is 10.2. The number of thiophene rings is 1. The van der Waals surface area contributed by atoms with E-state index >= 15 is 0 Å². The predicted octanol–water partition coefficient (Wildman–Crippen LogP) is 3.47. The monoisotopic (exact) mass is 416 g/mol. The standard InChI is InChI=1S/C16H17ClN2O3S3/c1-11(20)18-10-14-6-7-15(24-14)25(21,22)19-8-9-23-16(19)12-2-4-13(17)5-3-12/h2-7,16H,8-10H2,1H3,(H,18,20). The zero-order valence-corrected chi connectivity index (χ0v) is 16.6. The van der Waals surface area contributed by atoms with Gasteiger partial charge in [-0.1, -0.05) is 23.7 Å². The first kappa shape index (κ1) is 18.7. The van der Waals surface area contributed by atoms with Crippen molar-refractivity contribution in [1.82, 2.24) is 9.62 Å². The van der Waals surface area contributed by atoms with Gasteiger partial charge in [-0.15, -0.1) is 23.1 Å². The van der Waals surface area contributed by atoms with Crippen LogP contribution in [0, 0.1) is 0 Å². The minimum absolute atomic E-state index is 0.142. The number of amides is 1. The number of thioether (sulfide) groups is 1. The molecule has 1 atom stereocenters. The second-order valence-corrected chi connectivity index (χ2v) is 10.4. The summed E-state index contributed by atoms with van der Waals surface area (Å²) in [5.74, 6) is 0.605. The molecule has 0 saturated carbocycles. The number of nitrogens with one attached hydrogen (secondary N) is 1. The van der Waals surface area contributed by atoms with Crippen LogP contribution >= 0.6 is 34.7 Å². The SMILES string of the molecule is CC(=O)NCc1ccc(S(=O)(=O)N2CCSC2c2ccc(Cl)cc2)s1. The van der Waals surface area contributed by atoms with E-state index in [-0.39, 0.29) is 11.3 Å². The van der Waals surface area contributed by atoms with E-state index in [1.807, 2.05) is 12.1 Å². The average molecular weight is 417 g/mol. The lowest BCUT2D eigenvalue weighted by Gasteiger charge is -2.22. The zero-order valence-electron chi connectivity index (χ0n) is 13.4. The number of hydrogen-bond acceptors (Lipinski definition) is 5. The van der Waals surface area contributed by atoms with E-state index in [9.17, 15) is 13.2 Å². The van der Waals surface area contributed by atoms with Crippen molar-refractivity contribution < 1.29 is 13.2 Å². The second kappa shape index (κ2) is 7.67. The van der Waals surface area contributed by atoms with Crippen LogP contribution in [0.2, 0.25) is 5.02 Å². The Morgan fingerprint density at radius 1 is 1.28 bits per heavy atom. The molecule has 1 aliphatic rings. The average Bonchev–Trinajstić information content (AvgIpc) is 3.23. The van der Waals surface area contributed by atoms with Crippen LogP contribution in [-0.2, 0) is 21.4 Å². The van der Waals surface area contributed by atoms with Gasteiger partial charge in [0.15, 0.2) is 0 Å². The molecule has 1 aromatic heterocycles. The van der Waals surface area contributed by atoms with Crippen LogP contribution in [0.4, 0.5) is 0 Å². The molecule has 2 aromatic rings. The van der Waals surface area contributed by atoms with Crippen LogP contribution in [0.25, 0.3) is 0 Å². The number of halogens is 1. The molecule has 1 N–H and O–H groups in total. The summed E-state index contributed by atoms with van der Waals surface area (Å²) in [6, 6.07) is 10.6. The number of hydrogen-bond donors (Lipinski definition) is 1. The summed E-state index contributed by atoms with van der Waals surface area (Å²) in [5, 5.41) is 3.06. The van der Waals surface area contributed by atoms with Gasteiger partial charge >= 0.3 is 0 Å². The Labute approximate surface area is 160 Å². The zero-order chi connectivity index (χ0) is 18.0. The Balaban J connectivity index is 1.83. The van der Waals surface area contributed by atoms with Crippen LogP contribution in [0.1, 0.15) is 22.7 Å². The molecular formula is C16H17ClN2O3S3. The fourth-order valence-electron chi connectivity index (χ4n) is 2.51. The third-order valence-corrected chi connectivity index (χ3v) is 8.78. The molecule has 1 aliphatic heterocycles. The Hall–Kier alpha value is -1.06. The van der Waals surface area contributed by atoms with Crippen molar-refractivity contribution in [2.24, 2.45) is 0 Å². The molecule has 1 saturated heterocycles. The summed E-state index contributed by atoms with van der Waals surface area (Å²) in [4.78, 5) is 11.8. The van der Waals surface area contributed by atoms with E-state index in [0.717, 1.165) is 16.2 Å². The third kappa shape index (κ3) is 4.20. The molecule has 134 valence electrons. The summed E-state index contributed by atoms with van der Waals surface area (Å²) < 4.78 is 27.9. The van der Waals surface area contributed by atoms with Gasteiger partial charge in [0.1, 0.15) is 4.21 Å². The lowest BCUT2D eigenvalue weighted by Crippen LogP contribution is -2.30. The topological polar surface area (TPSA) is 66.5 Å². The molecule has 9 heteroatoms. The van der Waals surface area contributed by atoms with Crippen LogP contribution < -0.4 is 5.32 Å². The maximum Gasteiger partial charge on any atom is 0.253 e. The van der Waals surface area contributed by atoms with Crippen LogP contribution in [0.15, 0.2) is 40.6 Å². The van der Waals surface area contributed by atoms with Crippen molar-refractivity contribution in [2.75, 3.05) is 12.3 Å². The van der Waals surface area contributed by atoms with Crippen molar-refractivity contribution in [3.05, 3.63) is 51.9 Å². The van der Waals surface area contributed by atoms with Gasteiger partial charge in [0, 0.05) is 29.1 Å². The highest BCUT2D eigenvalue weighted by Gasteiger charge is 2.37. The van der Waals surface area contributed by atoms with E-state index in [1.165, 1.54) is 22.6 Å². The Morgan fingerprint density at radius 2 is 2.00 bits per heavy atom. The summed E-state index contributed by atoms with van der Waals surface area (Å²) in [6.45, 7) is 2.24. The highest BCUT2D eigenvalue weighted by Crippen LogP contribution is 2.42. The molecule has 5 nitrogen and oxygen atoms in total. The molecule has 1 unspecified atom stereocenters. The summed E-state index contributed by atoms with van der Waals surface area (Å²) >= 11 is 8.73. The molecule has 2 heterocycles. The fraction of sp³-hybridized carbons (Fsp3) is 0.312. The van der Waals surface area contributed by atoms with Gasteiger partial charge in [0.05, 0.1) is 11.9 Å². The van der Waals surface area contributed by atoms with Gasteiger partial charge in [-0.05, 0) is 29.8 Å². The number of benzene rings is 1. The first-order valence-corrected chi connectivity index (χ1v) is 11.3. The summed E-state index contributed by atoms with van der Waals surface area (Å²) in [7, 11) is -3.58. The van der Waals surface area contributed by atoms with E-state index in [0.29, 0.717) is 22.3 Å². The largest absolute Gasteiger partial charge is 0.351 e. The van der Waals surface area contributed by atoms with E-state index in [4.69, 9.17) is 11.6 Å². The molecule has 0 spiro atoms. The normalized spacial score (nSPS) is 18.4. The number of nitrogens with zero attached hydrogens (tertiary/aromatic N) is 1. The molecule has 3 rings (SSSR count). The van der Waals surface area contributed by atoms with E-state index in [2.05, 4.69) is 5.32 Å². The van der Waals surface area contributed by atoms with Crippen molar-refractivity contribution in [1.29, 1.82) is 0 Å². The molecule has 0 radical (unpaired) electrons. The number of sulfonamides is 1. The van der Waals surface area contributed by atoms with Crippen molar-refractivity contribution in [3.63, 3.8) is 0 Å². The van der Waals surface area contributed by atoms with Crippen LogP contribution in [0.5, 0.6) is 0 Å². The van der Waals surface area contributed by atoms with Crippen LogP contribution in [-0.4, -0.2) is 30.9 Å². The van der Waals surface area contributed by atoms with Crippen molar-refractivity contribution in [2.45, 2.75) is 23.1 Å². The maximum absolute atomic E-state index is 13.0. The second-order valence-electron chi connectivity index (χ2n) is 5.52. The third-order valence-electron chi connectivity index (χ3n) is 3.72. The van der Waals surface area contributed by atoms with E-state index < -0.39 is 10.0 Å². The van der Waals surface area contributed by atoms with E-state index in [1.54, 1.807) is 36.0 Å². The first-order chi connectivity index (χ1) is 11.9. The van der Waals surface area contributed by atoms with Crippen LogP contribution in [0.3, 0.4) is 0 Å². The fourth-order valence-corrected chi connectivity index (χ4v) is 7.30. The van der Waals surface area contributed by atoms with Gasteiger partial charge in [-0.2, -0.15) is 4.31 Å². The smallest absolute Gasteiger partial charge is 0.253 e. The van der Waals surface area contributed by atoms with Gasteiger partial charge < -0.3 is 5.32 Å².